The Morgan fingerprint density at radius 3 is 2.30 bits per heavy atom. The first kappa shape index (κ1) is 21.3. The van der Waals surface area contributed by atoms with E-state index in [-0.39, 0.29) is 5.82 Å². The lowest BCUT2D eigenvalue weighted by Gasteiger charge is -2.35. The molecule has 0 aromatic carbocycles. The van der Waals surface area contributed by atoms with E-state index in [1.165, 1.54) is 6.92 Å². The molecule has 1 atom stereocenters. The minimum absolute atomic E-state index is 0.0365. The molecule has 0 spiro atoms. The molecule has 2 N–H and O–H groups in total. The van der Waals surface area contributed by atoms with Crippen molar-refractivity contribution < 1.29 is 22.8 Å². The van der Waals surface area contributed by atoms with Gasteiger partial charge >= 0.3 is 12.2 Å². The first-order valence-corrected chi connectivity index (χ1v) is 9.15. The summed E-state index contributed by atoms with van der Waals surface area (Å²) in [5, 5.41) is 4.96. The van der Waals surface area contributed by atoms with Crippen LogP contribution in [0.15, 0.2) is 36.8 Å². The SMILES string of the molecule is C[C@@H](NC(=O)N1CCN(c2ncccn2)CC1)C(=O)Nc1ccc(C(F)(F)F)cn1. The summed E-state index contributed by atoms with van der Waals surface area (Å²) in [7, 11) is 0. The molecule has 3 rings (SSSR count). The molecule has 2 aromatic rings. The van der Waals surface area contributed by atoms with Crippen molar-refractivity contribution >= 4 is 23.7 Å². The summed E-state index contributed by atoms with van der Waals surface area (Å²) in [5.41, 5.74) is -0.915. The zero-order valence-corrected chi connectivity index (χ0v) is 16.1. The van der Waals surface area contributed by atoms with Crippen LogP contribution in [0, 0.1) is 0 Å². The predicted octanol–water partition coefficient (Wildman–Crippen LogP) is 1.75. The van der Waals surface area contributed by atoms with Gasteiger partial charge in [0.25, 0.3) is 0 Å². The fraction of sp³-hybridized carbons (Fsp3) is 0.389. The zero-order valence-electron chi connectivity index (χ0n) is 16.1. The Hall–Kier alpha value is -3.44. The Kier molecular flexibility index (Phi) is 6.33. The number of anilines is 2. The number of nitrogens with zero attached hydrogens (tertiary/aromatic N) is 5. The summed E-state index contributed by atoms with van der Waals surface area (Å²) in [6, 6.07) is 2.28. The molecular weight excluding hydrogens is 403 g/mol. The van der Waals surface area contributed by atoms with Crippen molar-refractivity contribution in [1.82, 2.24) is 25.2 Å². The zero-order chi connectivity index (χ0) is 21.7. The molecule has 12 heteroatoms. The number of alkyl halides is 3. The van der Waals surface area contributed by atoms with Crippen molar-refractivity contribution in [2.45, 2.75) is 19.1 Å². The third-order valence-corrected chi connectivity index (χ3v) is 4.48. The molecule has 1 fully saturated rings. The third kappa shape index (κ3) is 5.33. The Labute approximate surface area is 170 Å². The number of pyridine rings is 1. The van der Waals surface area contributed by atoms with Gasteiger partial charge in [0, 0.05) is 44.8 Å². The molecular formula is C18H20F3N7O2. The molecule has 0 bridgehead atoms. The normalized spacial score (nSPS) is 15.5. The number of nitrogens with one attached hydrogen (secondary N) is 2. The Balaban J connectivity index is 1.47. The number of urea groups is 1. The topological polar surface area (TPSA) is 103 Å². The highest BCUT2D eigenvalue weighted by Crippen LogP contribution is 2.28. The molecule has 0 saturated carbocycles. The summed E-state index contributed by atoms with van der Waals surface area (Å²) in [6.07, 6.45) is -0.581. The highest BCUT2D eigenvalue weighted by Gasteiger charge is 2.31. The van der Waals surface area contributed by atoms with E-state index < -0.39 is 29.7 Å². The number of carbonyl (C=O) groups is 2. The number of rotatable bonds is 4. The molecule has 1 saturated heterocycles. The molecule has 3 heterocycles. The molecule has 0 unspecified atom stereocenters. The largest absolute Gasteiger partial charge is 0.417 e. The quantitative estimate of drug-likeness (QED) is 0.777. The van der Waals surface area contributed by atoms with Crippen LogP contribution in [-0.2, 0) is 11.0 Å². The summed E-state index contributed by atoms with van der Waals surface area (Å²) < 4.78 is 37.7. The molecule has 30 heavy (non-hydrogen) atoms. The standard InChI is InChI=1S/C18H20F3N7O2/c1-12(15(29)26-14-4-3-13(11-24-14)18(19,20)21)25-17(30)28-9-7-27(8-10-28)16-22-5-2-6-23-16/h2-6,11-12H,7-10H2,1H3,(H,25,30)(H,24,26,29)/t12-/m1/s1. The van der Waals surface area contributed by atoms with Crippen molar-refractivity contribution in [3.05, 3.63) is 42.4 Å². The Bertz CT molecular complexity index is 870. The van der Waals surface area contributed by atoms with E-state index in [0.29, 0.717) is 38.3 Å². The molecule has 0 radical (unpaired) electrons. The number of halogens is 3. The van der Waals surface area contributed by atoms with E-state index in [1.807, 2.05) is 4.90 Å². The molecule has 9 nitrogen and oxygen atoms in total. The second-order valence-electron chi connectivity index (χ2n) is 6.61. The Morgan fingerprint density at radius 2 is 1.73 bits per heavy atom. The van der Waals surface area contributed by atoms with Crippen molar-refractivity contribution in [3.8, 4) is 0 Å². The maximum atomic E-state index is 12.6. The summed E-state index contributed by atoms with van der Waals surface area (Å²) in [5.74, 6) is -0.0353. The first-order valence-electron chi connectivity index (χ1n) is 9.15. The van der Waals surface area contributed by atoms with Gasteiger partial charge in [-0.15, -0.1) is 0 Å². The van der Waals surface area contributed by atoms with Gasteiger partial charge in [-0.2, -0.15) is 13.2 Å². The lowest BCUT2D eigenvalue weighted by molar-refractivity contribution is -0.137. The number of carbonyl (C=O) groups excluding carboxylic acids is 2. The van der Waals surface area contributed by atoms with Crippen LogP contribution in [0.1, 0.15) is 12.5 Å². The van der Waals surface area contributed by atoms with Crippen molar-refractivity contribution in [2.75, 3.05) is 36.4 Å². The molecule has 1 aliphatic heterocycles. The van der Waals surface area contributed by atoms with Gasteiger partial charge < -0.3 is 20.4 Å². The number of aromatic nitrogens is 3. The monoisotopic (exact) mass is 423 g/mol. The van der Waals surface area contributed by atoms with Gasteiger partial charge in [0.2, 0.25) is 11.9 Å². The summed E-state index contributed by atoms with van der Waals surface area (Å²) in [6.45, 7) is 3.43. The molecule has 2 aromatic heterocycles. The van der Waals surface area contributed by atoms with Crippen LogP contribution in [0.2, 0.25) is 0 Å². The van der Waals surface area contributed by atoms with Gasteiger partial charge in [0.15, 0.2) is 0 Å². The molecule has 160 valence electrons. The van der Waals surface area contributed by atoms with Gasteiger partial charge in [0.05, 0.1) is 5.56 Å². The van der Waals surface area contributed by atoms with Gasteiger partial charge in [-0.25, -0.2) is 19.7 Å². The highest BCUT2D eigenvalue weighted by molar-refractivity contribution is 5.96. The van der Waals surface area contributed by atoms with E-state index in [4.69, 9.17) is 0 Å². The fourth-order valence-electron chi connectivity index (χ4n) is 2.78. The lowest BCUT2D eigenvalue weighted by Crippen LogP contribution is -2.55. The summed E-state index contributed by atoms with van der Waals surface area (Å²) >= 11 is 0. The van der Waals surface area contributed by atoms with Gasteiger partial charge in [-0.05, 0) is 25.1 Å². The summed E-state index contributed by atoms with van der Waals surface area (Å²) in [4.78, 5) is 40.1. The number of piperazine rings is 1. The number of hydrogen-bond acceptors (Lipinski definition) is 6. The maximum absolute atomic E-state index is 12.6. The van der Waals surface area contributed by atoms with E-state index in [1.54, 1.807) is 23.4 Å². The van der Waals surface area contributed by atoms with E-state index in [0.717, 1.165) is 12.1 Å². The van der Waals surface area contributed by atoms with Gasteiger partial charge in [-0.3, -0.25) is 4.79 Å². The second kappa shape index (κ2) is 8.93. The third-order valence-electron chi connectivity index (χ3n) is 4.48. The van der Waals surface area contributed by atoms with Crippen molar-refractivity contribution in [1.29, 1.82) is 0 Å². The number of hydrogen-bond donors (Lipinski definition) is 2. The van der Waals surface area contributed by atoms with Crippen LogP contribution in [-0.4, -0.2) is 64.0 Å². The molecule has 3 amide bonds. The van der Waals surface area contributed by atoms with Crippen molar-refractivity contribution in [2.24, 2.45) is 0 Å². The predicted molar refractivity (Wildman–Crippen MR) is 102 cm³/mol. The van der Waals surface area contributed by atoms with E-state index >= 15 is 0 Å². The highest BCUT2D eigenvalue weighted by atomic mass is 19.4. The smallest absolute Gasteiger partial charge is 0.337 e. The minimum atomic E-state index is -4.51. The van der Waals surface area contributed by atoms with Crippen LogP contribution in [0.25, 0.3) is 0 Å². The van der Waals surface area contributed by atoms with Gasteiger partial charge in [-0.1, -0.05) is 0 Å². The average Bonchev–Trinajstić information content (AvgIpc) is 2.74. The van der Waals surface area contributed by atoms with Crippen LogP contribution in [0.4, 0.5) is 29.7 Å². The number of amides is 3. The molecule has 0 aliphatic carbocycles. The first-order chi connectivity index (χ1) is 14.2. The van der Waals surface area contributed by atoms with E-state index in [9.17, 15) is 22.8 Å². The van der Waals surface area contributed by atoms with Crippen LogP contribution in [0.5, 0.6) is 0 Å². The van der Waals surface area contributed by atoms with Gasteiger partial charge in [0.1, 0.15) is 11.9 Å². The average molecular weight is 423 g/mol. The van der Waals surface area contributed by atoms with Crippen LogP contribution >= 0.6 is 0 Å². The van der Waals surface area contributed by atoms with E-state index in [2.05, 4.69) is 25.6 Å². The Morgan fingerprint density at radius 1 is 1.07 bits per heavy atom. The fourth-order valence-corrected chi connectivity index (χ4v) is 2.78. The van der Waals surface area contributed by atoms with Crippen molar-refractivity contribution in [3.63, 3.8) is 0 Å². The van der Waals surface area contributed by atoms with Crippen LogP contribution in [0.3, 0.4) is 0 Å². The second-order valence-corrected chi connectivity index (χ2v) is 6.61. The molecule has 1 aliphatic rings. The van der Waals surface area contributed by atoms with Crippen LogP contribution < -0.4 is 15.5 Å². The maximum Gasteiger partial charge on any atom is 0.417 e. The lowest BCUT2D eigenvalue weighted by atomic mass is 10.2. The minimum Gasteiger partial charge on any atom is -0.337 e.